The van der Waals surface area contributed by atoms with Gasteiger partial charge in [-0.25, -0.2) is 0 Å². The minimum absolute atomic E-state index is 0.0473. The largest absolute Gasteiger partial charge is 0.350 e. The molecule has 0 aromatic heterocycles. The Bertz CT molecular complexity index is 385. The summed E-state index contributed by atoms with van der Waals surface area (Å²) in [6.45, 7) is 6.92. The second-order valence-corrected chi connectivity index (χ2v) is 5.09. The van der Waals surface area contributed by atoms with Crippen LogP contribution in [0.25, 0.3) is 0 Å². The molecule has 0 aliphatic carbocycles. The molecule has 0 unspecified atom stereocenters. The molecule has 1 aromatic carbocycles. The van der Waals surface area contributed by atoms with E-state index in [2.05, 4.69) is 26.1 Å². The van der Waals surface area contributed by atoms with E-state index < -0.39 is 0 Å². The molecule has 106 valence electrons. The third-order valence-electron chi connectivity index (χ3n) is 4.06. The van der Waals surface area contributed by atoms with Crippen LogP contribution in [0.3, 0.4) is 0 Å². The summed E-state index contributed by atoms with van der Waals surface area (Å²) in [6, 6.07) is 7.92. The van der Waals surface area contributed by atoms with Gasteiger partial charge in [0.1, 0.15) is 0 Å². The Labute approximate surface area is 116 Å². The van der Waals surface area contributed by atoms with Gasteiger partial charge in [-0.3, -0.25) is 4.79 Å². The average molecular weight is 262 g/mol. The second-order valence-electron chi connectivity index (χ2n) is 5.09. The summed E-state index contributed by atoms with van der Waals surface area (Å²) in [4.78, 5) is 12.1. The van der Waals surface area contributed by atoms with E-state index in [0.717, 1.165) is 30.4 Å². The quantitative estimate of drug-likeness (QED) is 0.794. The molecule has 1 rings (SSSR count). The zero-order valence-electron chi connectivity index (χ0n) is 12.3. The van der Waals surface area contributed by atoms with Gasteiger partial charge in [0.2, 0.25) is 5.91 Å². The molecule has 0 fully saturated rings. The lowest BCUT2D eigenvalue weighted by Gasteiger charge is -2.31. The van der Waals surface area contributed by atoms with Gasteiger partial charge in [-0.05, 0) is 30.4 Å². The minimum Gasteiger partial charge on any atom is -0.350 e. The van der Waals surface area contributed by atoms with Gasteiger partial charge in [-0.1, -0.05) is 45.0 Å². The molecule has 1 amide bonds. The molecule has 0 heterocycles. The van der Waals surface area contributed by atoms with Crippen LogP contribution in [0.1, 0.15) is 51.2 Å². The molecular weight excluding hydrogens is 236 g/mol. The number of nitrogens with two attached hydrogens (primary N) is 1. The first-order chi connectivity index (χ1) is 9.09. The maximum atomic E-state index is 12.1. The summed E-state index contributed by atoms with van der Waals surface area (Å²) in [5.41, 5.74) is 7.64. The van der Waals surface area contributed by atoms with Crippen LogP contribution < -0.4 is 11.1 Å². The Balaban J connectivity index is 2.63. The van der Waals surface area contributed by atoms with E-state index in [1.54, 1.807) is 0 Å². The maximum Gasteiger partial charge on any atom is 0.224 e. The molecule has 3 nitrogen and oxygen atoms in total. The zero-order valence-corrected chi connectivity index (χ0v) is 12.3. The van der Waals surface area contributed by atoms with Crippen LogP contribution in [0.4, 0.5) is 0 Å². The number of hydrogen-bond donors (Lipinski definition) is 2. The fourth-order valence-corrected chi connectivity index (χ4v) is 2.33. The van der Waals surface area contributed by atoms with Crippen molar-refractivity contribution < 1.29 is 4.79 Å². The maximum absolute atomic E-state index is 12.1. The van der Waals surface area contributed by atoms with Gasteiger partial charge >= 0.3 is 0 Å². The summed E-state index contributed by atoms with van der Waals surface area (Å²) < 4.78 is 0. The van der Waals surface area contributed by atoms with Crippen molar-refractivity contribution in [2.75, 3.05) is 0 Å². The molecule has 0 aliphatic heterocycles. The zero-order chi connectivity index (χ0) is 14.3. The molecule has 0 aliphatic rings. The Morgan fingerprint density at radius 2 is 1.53 bits per heavy atom. The number of nitrogens with one attached hydrogen (secondary N) is 1. The lowest BCUT2D eigenvalue weighted by molar-refractivity contribution is -0.122. The van der Waals surface area contributed by atoms with Crippen LogP contribution in [0, 0.1) is 0 Å². The highest BCUT2D eigenvalue weighted by Crippen LogP contribution is 2.19. The van der Waals surface area contributed by atoms with Crippen molar-refractivity contribution in [1.29, 1.82) is 0 Å². The van der Waals surface area contributed by atoms with Gasteiger partial charge in [0.25, 0.3) is 0 Å². The third-order valence-corrected chi connectivity index (χ3v) is 4.06. The van der Waals surface area contributed by atoms with Gasteiger partial charge in [0, 0.05) is 12.1 Å². The van der Waals surface area contributed by atoms with Crippen molar-refractivity contribution in [1.82, 2.24) is 5.32 Å². The fraction of sp³-hybridized carbons (Fsp3) is 0.562. The Hall–Kier alpha value is -1.35. The molecular formula is C16H26N2O. The van der Waals surface area contributed by atoms with E-state index in [0.29, 0.717) is 13.0 Å². The smallest absolute Gasteiger partial charge is 0.224 e. The average Bonchev–Trinajstić information content (AvgIpc) is 2.46. The van der Waals surface area contributed by atoms with Crippen LogP contribution in [-0.2, 0) is 17.8 Å². The monoisotopic (exact) mass is 262 g/mol. The lowest BCUT2D eigenvalue weighted by Crippen LogP contribution is -2.47. The first-order valence-electron chi connectivity index (χ1n) is 7.18. The molecule has 0 atom stereocenters. The highest BCUT2D eigenvalue weighted by atomic mass is 16.1. The fourth-order valence-electron chi connectivity index (χ4n) is 2.33. The van der Waals surface area contributed by atoms with Gasteiger partial charge in [-0.2, -0.15) is 0 Å². The van der Waals surface area contributed by atoms with E-state index in [1.165, 1.54) is 0 Å². The highest BCUT2D eigenvalue weighted by molar-refractivity contribution is 5.79. The molecule has 3 heteroatoms. The van der Waals surface area contributed by atoms with Gasteiger partial charge < -0.3 is 11.1 Å². The molecule has 3 N–H and O–H groups in total. The molecule has 19 heavy (non-hydrogen) atoms. The number of amides is 1. The SMILES string of the molecule is CCC(CC)(CC)NC(=O)Cc1ccc(CN)cc1. The second kappa shape index (κ2) is 7.29. The summed E-state index contributed by atoms with van der Waals surface area (Å²) in [5, 5.41) is 3.19. The van der Waals surface area contributed by atoms with Crippen LogP contribution in [0.15, 0.2) is 24.3 Å². The standard InChI is InChI=1S/C16H26N2O/c1-4-16(5-2,6-3)18-15(19)11-13-7-9-14(12-17)10-8-13/h7-10H,4-6,11-12,17H2,1-3H3,(H,18,19). The summed E-state index contributed by atoms with van der Waals surface area (Å²) in [5.74, 6) is 0.103. The van der Waals surface area contributed by atoms with E-state index in [1.807, 2.05) is 24.3 Å². The number of hydrogen-bond acceptors (Lipinski definition) is 2. The topological polar surface area (TPSA) is 55.1 Å². The van der Waals surface area contributed by atoms with Crippen molar-refractivity contribution in [3.8, 4) is 0 Å². The van der Waals surface area contributed by atoms with Crippen LogP contribution in [0.5, 0.6) is 0 Å². The summed E-state index contributed by atoms with van der Waals surface area (Å²) in [7, 11) is 0. The number of benzene rings is 1. The first kappa shape index (κ1) is 15.7. The van der Waals surface area contributed by atoms with Crippen molar-refractivity contribution in [2.24, 2.45) is 5.73 Å². The van der Waals surface area contributed by atoms with Gasteiger partial charge in [-0.15, -0.1) is 0 Å². The van der Waals surface area contributed by atoms with Crippen LogP contribution in [-0.4, -0.2) is 11.4 Å². The predicted molar refractivity (Wildman–Crippen MR) is 79.8 cm³/mol. The minimum atomic E-state index is -0.0473. The van der Waals surface area contributed by atoms with Gasteiger partial charge in [0.15, 0.2) is 0 Å². The summed E-state index contributed by atoms with van der Waals surface area (Å²) in [6.07, 6.45) is 3.35. The normalized spacial score (nSPS) is 11.4. The Morgan fingerprint density at radius 1 is 1.05 bits per heavy atom. The molecule has 0 saturated heterocycles. The van der Waals surface area contributed by atoms with E-state index >= 15 is 0 Å². The van der Waals surface area contributed by atoms with Crippen LogP contribution >= 0.6 is 0 Å². The van der Waals surface area contributed by atoms with E-state index in [4.69, 9.17) is 5.73 Å². The van der Waals surface area contributed by atoms with Crippen molar-refractivity contribution in [3.63, 3.8) is 0 Å². The van der Waals surface area contributed by atoms with Crippen molar-refractivity contribution in [2.45, 2.75) is 58.5 Å². The highest BCUT2D eigenvalue weighted by Gasteiger charge is 2.25. The molecule has 0 radical (unpaired) electrons. The number of rotatable bonds is 7. The van der Waals surface area contributed by atoms with Crippen molar-refractivity contribution >= 4 is 5.91 Å². The summed E-state index contributed by atoms with van der Waals surface area (Å²) >= 11 is 0. The van der Waals surface area contributed by atoms with Crippen molar-refractivity contribution in [3.05, 3.63) is 35.4 Å². The Morgan fingerprint density at radius 3 is 1.95 bits per heavy atom. The molecule has 0 spiro atoms. The number of carbonyl (C=O) groups excluding carboxylic acids is 1. The van der Waals surface area contributed by atoms with E-state index in [9.17, 15) is 4.79 Å². The molecule has 0 saturated carbocycles. The number of carbonyl (C=O) groups is 1. The van der Waals surface area contributed by atoms with E-state index in [-0.39, 0.29) is 11.4 Å². The first-order valence-corrected chi connectivity index (χ1v) is 7.18. The Kier molecular flexibility index (Phi) is 6.03. The third kappa shape index (κ3) is 4.35. The lowest BCUT2D eigenvalue weighted by atomic mass is 9.89. The molecule has 0 bridgehead atoms. The van der Waals surface area contributed by atoms with Crippen LogP contribution in [0.2, 0.25) is 0 Å². The van der Waals surface area contributed by atoms with Gasteiger partial charge in [0.05, 0.1) is 6.42 Å². The molecule has 1 aromatic rings. The predicted octanol–water partition coefficient (Wildman–Crippen LogP) is 2.77.